The van der Waals surface area contributed by atoms with Gasteiger partial charge in [-0.2, -0.15) is 13.2 Å². The fourth-order valence-electron chi connectivity index (χ4n) is 3.06. The molecule has 4 rings (SSSR count). The maximum atomic E-state index is 12.3. The summed E-state index contributed by atoms with van der Waals surface area (Å²) in [6.07, 6.45) is 4.55. The molecule has 3 aromatic heterocycles. The lowest BCUT2D eigenvalue weighted by molar-refractivity contribution is -0.138. The fourth-order valence-corrected chi connectivity index (χ4v) is 3.06. The molecule has 3 aromatic rings. The largest absolute Gasteiger partial charge is 0.405 e. The molecule has 7 nitrogen and oxygen atoms in total. The number of carbonyl (C=O) groups is 1. The zero-order valence-corrected chi connectivity index (χ0v) is 15.5. The molecule has 1 aliphatic rings. The molecular weight excluding hydrogens is 385 g/mol. The maximum absolute atomic E-state index is 12.3. The van der Waals surface area contributed by atoms with Crippen LogP contribution in [0.4, 0.5) is 19.0 Å². The molecule has 1 aliphatic carbocycles. The van der Waals surface area contributed by atoms with Gasteiger partial charge in [0, 0.05) is 23.3 Å². The highest BCUT2D eigenvalue weighted by Crippen LogP contribution is 2.41. The van der Waals surface area contributed by atoms with Crippen LogP contribution in [0.1, 0.15) is 31.2 Å². The molecule has 1 fully saturated rings. The van der Waals surface area contributed by atoms with Gasteiger partial charge in [0.05, 0.1) is 18.1 Å². The summed E-state index contributed by atoms with van der Waals surface area (Å²) in [5.74, 6) is 0.0718. The van der Waals surface area contributed by atoms with Gasteiger partial charge in [-0.25, -0.2) is 9.97 Å². The summed E-state index contributed by atoms with van der Waals surface area (Å²) >= 11 is 0. The van der Waals surface area contributed by atoms with Crippen molar-refractivity contribution in [3.05, 3.63) is 36.4 Å². The number of nitrogens with zero attached hydrogens (tertiary/aromatic N) is 3. The summed E-state index contributed by atoms with van der Waals surface area (Å²) in [5, 5.41) is 5.56. The van der Waals surface area contributed by atoms with E-state index in [1.165, 1.54) is 31.5 Å². The summed E-state index contributed by atoms with van der Waals surface area (Å²) in [4.78, 5) is 28.0. The highest BCUT2D eigenvalue weighted by Gasteiger charge is 2.29. The summed E-state index contributed by atoms with van der Waals surface area (Å²) in [7, 11) is 0. The first-order valence-electron chi connectivity index (χ1n) is 9.20. The highest BCUT2D eigenvalue weighted by molar-refractivity contribution is 5.93. The van der Waals surface area contributed by atoms with E-state index >= 15 is 0 Å². The van der Waals surface area contributed by atoms with E-state index in [4.69, 9.17) is 0 Å². The number of halogens is 3. The zero-order valence-electron chi connectivity index (χ0n) is 15.5. The molecule has 0 aliphatic heterocycles. The Morgan fingerprint density at radius 2 is 2.10 bits per heavy atom. The zero-order chi connectivity index (χ0) is 20.6. The Labute approximate surface area is 164 Å². The van der Waals surface area contributed by atoms with Crippen molar-refractivity contribution in [1.82, 2.24) is 25.3 Å². The number of carbonyl (C=O) groups excluding carboxylic acids is 1. The maximum Gasteiger partial charge on any atom is 0.405 e. The molecule has 0 aromatic carbocycles. The standard InChI is InChI=1S/C19H19F3N6O/c1-10(18(29)26-9-19(20,21)22)27-16-8-23-7-15(28-16)14-6-25-17-13(14)4-12(5-24-17)11-2-3-11/h4-8,10-11H,2-3,9H2,1H3,(H,24,25)(H,26,29)(H,27,28)/t10-/m1/s1. The van der Waals surface area contributed by atoms with Crippen molar-refractivity contribution in [3.8, 4) is 11.3 Å². The minimum atomic E-state index is -4.46. The van der Waals surface area contributed by atoms with Gasteiger partial charge < -0.3 is 15.6 Å². The van der Waals surface area contributed by atoms with E-state index in [-0.39, 0.29) is 5.82 Å². The predicted molar refractivity (Wildman–Crippen MR) is 101 cm³/mol. The van der Waals surface area contributed by atoms with Gasteiger partial charge in [0.25, 0.3) is 0 Å². The molecule has 0 spiro atoms. The lowest BCUT2D eigenvalue weighted by Crippen LogP contribution is -2.42. The number of H-pyrrole nitrogens is 1. The van der Waals surface area contributed by atoms with E-state index in [2.05, 4.69) is 31.3 Å². The van der Waals surface area contributed by atoms with Crippen LogP contribution in [-0.4, -0.2) is 44.6 Å². The quantitative estimate of drug-likeness (QED) is 0.586. The number of hydrogen-bond donors (Lipinski definition) is 3. The van der Waals surface area contributed by atoms with E-state index in [1.54, 1.807) is 12.4 Å². The molecular formula is C19H19F3N6O. The van der Waals surface area contributed by atoms with Gasteiger partial charge in [-0.15, -0.1) is 0 Å². The van der Waals surface area contributed by atoms with Crippen molar-refractivity contribution in [1.29, 1.82) is 0 Å². The molecule has 29 heavy (non-hydrogen) atoms. The molecule has 1 atom stereocenters. The number of nitrogens with one attached hydrogen (secondary N) is 3. The predicted octanol–water partition coefficient (Wildman–Crippen LogP) is 3.38. The minimum absolute atomic E-state index is 0.290. The SMILES string of the molecule is C[C@@H](Nc1cncc(-c2c[nH]c3ncc(C4CC4)cc23)n1)C(=O)NCC(F)(F)F. The Kier molecular flexibility index (Phi) is 4.85. The van der Waals surface area contributed by atoms with Crippen LogP contribution < -0.4 is 10.6 Å². The second-order valence-electron chi connectivity index (χ2n) is 7.13. The number of fused-ring (bicyclic) bond motifs is 1. The molecule has 3 N–H and O–H groups in total. The number of amides is 1. The molecule has 1 amide bonds. The second-order valence-corrected chi connectivity index (χ2v) is 7.13. The van der Waals surface area contributed by atoms with Crippen LogP contribution in [0.15, 0.2) is 30.9 Å². The molecule has 0 unspecified atom stereocenters. The Balaban J connectivity index is 1.52. The third-order valence-electron chi connectivity index (χ3n) is 4.73. The van der Waals surface area contributed by atoms with Crippen molar-refractivity contribution in [3.63, 3.8) is 0 Å². The Hall–Kier alpha value is -3.17. The van der Waals surface area contributed by atoms with Crippen molar-refractivity contribution >= 4 is 22.8 Å². The average molecular weight is 404 g/mol. The first-order chi connectivity index (χ1) is 13.8. The minimum Gasteiger partial charge on any atom is -0.357 e. The lowest BCUT2D eigenvalue weighted by Gasteiger charge is -2.15. The van der Waals surface area contributed by atoms with Gasteiger partial charge in [0.1, 0.15) is 24.1 Å². The van der Waals surface area contributed by atoms with Gasteiger partial charge >= 0.3 is 6.18 Å². The lowest BCUT2D eigenvalue weighted by atomic mass is 10.1. The van der Waals surface area contributed by atoms with Crippen LogP contribution in [0.3, 0.4) is 0 Å². The van der Waals surface area contributed by atoms with Gasteiger partial charge in [0.2, 0.25) is 5.91 Å². The number of anilines is 1. The monoisotopic (exact) mass is 404 g/mol. The molecule has 3 heterocycles. The number of rotatable bonds is 6. The van der Waals surface area contributed by atoms with Gasteiger partial charge in [-0.3, -0.25) is 9.78 Å². The van der Waals surface area contributed by atoms with Gasteiger partial charge in [-0.1, -0.05) is 0 Å². The fraction of sp³-hybridized carbons (Fsp3) is 0.368. The summed E-state index contributed by atoms with van der Waals surface area (Å²) in [6, 6.07) is 1.19. The van der Waals surface area contributed by atoms with E-state index in [0.717, 1.165) is 16.6 Å². The molecule has 152 valence electrons. The third kappa shape index (κ3) is 4.47. The molecule has 0 radical (unpaired) electrons. The number of pyridine rings is 1. The molecule has 1 saturated carbocycles. The van der Waals surface area contributed by atoms with E-state index in [9.17, 15) is 18.0 Å². The van der Waals surface area contributed by atoms with Crippen molar-refractivity contribution in [2.24, 2.45) is 0 Å². The van der Waals surface area contributed by atoms with Crippen LogP contribution in [0.5, 0.6) is 0 Å². The van der Waals surface area contributed by atoms with E-state index in [1.807, 2.05) is 11.5 Å². The van der Waals surface area contributed by atoms with Crippen LogP contribution >= 0.6 is 0 Å². The number of aromatic amines is 1. The second kappa shape index (κ2) is 7.34. The van der Waals surface area contributed by atoms with Crippen LogP contribution in [-0.2, 0) is 4.79 Å². The van der Waals surface area contributed by atoms with Crippen molar-refractivity contribution in [2.75, 3.05) is 11.9 Å². The van der Waals surface area contributed by atoms with Crippen LogP contribution in [0.25, 0.3) is 22.3 Å². The van der Waals surface area contributed by atoms with Crippen molar-refractivity contribution < 1.29 is 18.0 Å². The Bertz CT molecular complexity index is 1040. The summed E-state index contributed by atoms with van der Waals surface area (Å²) in [6.45, 7) is 0.0762. The molecule has 0 bridgehead atoms. The summed E-state index contributed by atoms with van der Waals surface area (Å²) in [5.41, 5.74) is 3.32. The van der Waals surface area contributed by atoms with Crippen LogP contribution in [0.2, 0.25) is 0 Å². The first kappa shape index (κ1) is 19.2. The molecule has 0 saturated heterocycles. The summed E-state index contributed by atoms with van der Waals surface area (Å²) < 4.78 is 36.8. The van der Waals surface area contributed by atoms with Gasteiger partial charge in [0.15, 0.2) is 0 Å². The Morgan fingerprint density at radius 1 is 1.31 bits per heavy atom. The van der Waals surface area contributed by atoms with Gasteiger partial charge in [-0.05, 0) is 37.3 Å². The Morgan fingerprint density at radius 3 is 2.83 bits per heavy atom. The van der Waals surface area contributed by atoms with Crippen molar-refractivity contribution in [2.45, 2.75) is 37.9 Å². The highest BCUT2D eigenvalue weighted by atomic mass is 19.4. The van der Waals surface area contributed by atoms with Crippen LogP contribution in [0, 0.1) is 0 Å². The first-order valence-corrected chi connectivity index (χ1v) is 9.20. The topological polar surface area (TPSA) is 95.6 Å². The number of aromatic nitrogens is 4. The molecule has 10 heteroatoms. The van der Waals surface area contributed by atoms with E-state index < -0.39 is 24.7 Å². The normalized spacial score (nSPS) is 15.3. The van der Waals surface area contributed by atoms with E-state index in [0.29, 0.717) is 11.6 Å². The third-order valence-corrected chi connectivity index (χ3v) is 4.73. The smallest absolute Gasteiger partial charge is 0.357 e. The number of alkyl halides is 3. The number of hydrogen-bond acceptors (Lipinski definition) is 5. The average Bonchev–Trinajstić information content (AvgIpc) is 3.44.